The minimum Gasteiger partial charge on any atom is -0.381 e. The van der Waals surface area contributed by atoms with Gasteiger partial charge in [-0.3, -0.25) is 0 Å². The van der Waals surface area contributed by atoms with Gasteiger partial charge >= 0.3 is 0 Å². The van der Waals surface area contributed by atoms with Crippen molar-refractivity contribution in [1.82, 2.24) is 0 Å². The molecule has 0 aromatic heterocycles. The molecule has 2 rings (SSSR count). The largest absolute Gasteiger partial charge is 0.381 e. The second kappa shape index (κ2) is 4.30. The fraction of sp³-hybridized carbons (Fsp3) is 0.733. The molecule has 2 fully saturated rings. The van der Waals surface area contributed by atoms with E-state index in [0.29, 0.717) is 18.6 Å². The first-order valence-electron chi connectivity index (χ1n) is 6.73. The van der Waals surface area contributed by atoms with E-state index >= 15 is 0 Å². The molecule has 0 aromatic rings. The van der Waals surface area contributed by atoms with Gasteiger partial charge in [-0.1, -0.05) is 26.0 Å². The normalized spacial score (nSPS) is 48.4. The molecule has 2 aliphatic carbocycles. The van der Waals surface area contributed by atoms with Crippen molar-refractivity contribution in [3.8, 4) is 0 Å². The summed E-state index contributed by atoms with van der Waals surface area (Å²) < 4.78 is 0. The lowest BCUT2D eigenvalue weighted by Gasteiger charge is -2.57. The summed E-state index contributed by atoms with van der Waals surface area (Å²) in [6, 6.07) is 0. The maximum absolute atomic E-state index is 11.5. The van der Waals surface area contributed by atoms with Gasteiger partial charge in [0, 0.05) is 5.41 Å². The Bertz CT molecular complexity index is 389. The predicted octanol–water partition coefficient (Wildman–Crippen LogP) is 2.13. The van der Waals surface area contributed by atoms with Crippen LogP contribution in [-0.2, 0) is 9.59 Å². The zero-order chi connectivity index (χ0) is 13.6. The maximum atomic E-state index is 11.5. The van der Waals surface area contributed by atoms with Crippen LogP contribution < -0.4 is 0 Å². The monoisotopic (exact) mass is 250 g/mol. The van der Waals surface area contributed by atoms with Crippen LogP contribution in [0.15, 0.2) is 12.2 Å². The molecular formula is C15H22O3. The summed E-state index contributed by atoms with van der Waals surface area (Å²) in [6.45, 7) is 8.25. The number of aliphatic hydroxyl groups is 1. The molecule has 0 amide bonds. The summed E-state index contributed by atoms with van der Waals surface area (Å²) in [5.41, 5.74) is -0.934. The second-order valence-electron chi connectivity index (χ2n) is 6.25. The van der Waals surface area contributed by atoms with Crippen LogP contribution in [0.5, 0.6) is 0 Å². The van der Waals surface area contributed by atoms with Crippen LogP contribution in [-0.4, -0.2) is 23.3 Å². The van der Waals surface area contributed by atoms with Gasteiger partial charge in [-0.05, 0) is 37.5 Å². The Balaban J connectivity index is 2.46. The number of rotatable bonds is 2. The van der Waals surface area contributed by atoms with E-state index in [1.54, 1.807) is 0 Å². The first-order chi connectivity index (χ1) is 8.40. The lowest BCUT2D eigenvalue weighted by Crippen LogP contribution is -2.62. The van der Waals surface area contributed by atoms with Gasteiger partial charge in [-0.25, -0.2) is 0 Å². The highest BCUT2D eigenvalue weighted by molar-refractivity contribution is 5.73. The molecule has 5 atom stereocenters. The highest BCUT2D eigenvalue weighted by Crippen LogP contribution is 2.58. The van der Waals surface area contributed by atoms with Crippen LogP contribution in [0.2, 0.25) is 0 Å². The Morgan fingerprint density at radius 2 is 2.00 bits per heavy atom. The third-order valence-corrected chi connectivity index (χ3v) is 5.54. The molecule has 2 saturated carbocycles. The molecule has 0 radical (unpaired) electrons. The fourth-order valence-corrected chi connectivity index (χ4v) is 4.00. The van der Waals surface area contributed by atoms with Crippen molar-refractivity contribution in [3.05, 3.63) is 12.2 Å². The Morgan fingerprint density at radius 3 is 2.56 bits per heavy atom. The maximum Gasteiger partial charge on any atom is 0.152 e. The third-order valence-electron chi connectivity index (χ3n) is 5.54. The van der Waals surface area contributed by atoms with E-state index in [1.807, 2.05) is 6.92 Å². The smallest absolute Gasteiger partial charge is 0.152 e. The van der Waals surface area contributed by atoms with Crippen LogP contribution in [0.3, 0.4) is 0 Å². The molecule has 0 saturated heterocycles. The minimum absolute atomic E-state index is 0.146. The molecule has 3 heteroatoms. The fourth-order valence-electron chi connectivity index (χ4n) is 4.00. The molecular weight excluding hydrogens is 228 g/mol. The van der Waals surface area contributed by atoms with Crippen LogP contribution in [0, 0.1) is 23.2 Å². The zero-order valence-corrected chi connectivity index (χ0v) is 11.2. The number of carbonyl (C=O) groups excluding carboxylic acids is 2. The number of hydrogen-bond donors (Lipinski definition) is 1. The molecule has 0 aromatic carbocycles. The van der Waals surface area contributed by atoms with Gasteiger partial charge in [0.05, 0.1) is 5.92 Å². The van der Waals surface area contributed by atoms with Crippen LogP contribution >= 0.6 is 0 Å². The summed E-state index contributed by atoms with van der Waals surface area (Å²) in [5, 5.41) is 10.8. The summed E-state index contributed by atoms with van der Waals surface area (Å²) in [5.74, 6) is 0.0110. The molecule has 0 aliphatic heterocycles. The van der Waals surface area contributed by atoms with E-state index in [4.69, 9.17) is 0 Å². The Hall–Kier alpha value is -0.960. The van der Waals surface area contributed by atoms with E-state index in [9.17, 15) is 14.7 Å². The van der Waals surface area contributed by atoms with Gasteiger partial charge in [-0.2, -0.15) is 0 Å². The molecule has 1 N–H and O–H groups in total. The van der Waals surface area contributed by atoms with Gasteiger partial charge in [0.15, 0.2) is 6.29 Å². The third kappa shape index (κ3) is 1.53. The Morgan fingerprint density at radius 1 is 1.33 bits per heavy atom. The SMILES string of the molecule is C=C1C2CC[C@H](C=O)[C@](O)(C=O)[C@@]2(C)CC[C@@H]1C. The Labute approximate surface area is 108 Å². The highest BCUT2D eigenvalue weighted by Gasteiger charge is 2.60. The van der Waals surface area contributed by atoms with Gasteiger partial charge in [0.2, 0.25) is 0 Å². The van der Waals surface area contributed by atoms with E-state index in [1.165, 1.54) is 0 Å². The molecule has 2 aliphatic rings. The summed E-state index contributed by atoms with van der Waals surface area (Å²) in [7, 11) is 0. The molecule has 3 nitrogen and oxygen atoms in total. The first-order valence-corrected chi connectivity index (χ1v) is 6.73. The first kappa shape index (κ1) is 13.5. The van der Waals surface area contributed by atoms with Crippen molar-refractivity contribution in [2.24, 2.45) is 23.2 Å². The predicted molar refractivity (Wildman–Crippen MR) is 68.9 cm³/mol. The average Bonchev–Trinajstić information content (AvgIpc) is 2.37. The van der Waals surface area contributed by atoms with E-state index in [-0.39, 0.29) is 5.92 Å². The quantitative estimate of drug-likeness (QED) is 0.603. The number of allylic oxidation sites excluding steroid dienone is 1. The summed E-state index contributed by atoms with van der Waals surface area (Å²) >= 11 is 0. The average molecular weight is 250 g/mol. The molecule has 100 valence electrons. The van der Waals surface area contributed by atoms with Crippen molar-refractivity contribution in [2.45, 2.75) is 45.1 Å². The molecule has 18 heavy (non-hydrogen) atoms. The van der Waals surface area contributed by atoms with Gasteiger partial charge in [-0.15, -0.1) is 0 Å². The number of carbonyl (C=O) groups is 2. The van der Waals surface area contributed by atoms with Crippen molar-refractivity contribution in [1.29, 1.82) is 0 Å². The van der Waals surface area contributed by atoms with Gasteiger partial charge in [0.25, 0.3) is 0 Å². The van der Waals surface area contributed by atoms with Crippen LogP contribution in [0.1, 0.15) is 39.5 Å². The molecule has 1 unspecified atom stereocenters. The van der Waals surface area contributed by atoms with E-state index < -0.39 is 16.9 Å². The minimum atomic E-state index is -1.53. The number of fused-ring (bicyclic) bond motifs is 1. The zero-order valence-electron chi connectivity index (χ0n) is 11.2. The molecule has 0 spiro atoms. The summed E-state index contributed by atoms with van der Waals surface area (Å²) in [4.78, 5) is 22.6. The van der Waals surface area contributed by atoms with Crippen LogP contribution in [0.25, 0.3) is 0 Å². The van der Waals surface area contributed by atoms with Crippen molar-refractivity contribution < 1.29 is 14.7 Å². The standard InChI is InChI=1S/C15H22O3/c1-10-6-7-14(3)13(11(10)2)5-4-12(8-16)15(14,18)9-17/h8-10,12-13,18H,2,4-7H2,1,3H3/t10-,12+,13?,14-,15+/m0/s1. The molecule has 0 heterocycles. The topological polar surface area (TPSA) is 54.4 Å². The van der Waals surface area contributed by atoms with E-state index in [0.717, 1.165) is 31.1 Å². The summed E-state index contributed by atoms with van der Waals surface area (Å²) in [6.07, 6.45) is 4.47. The van der Waals surface area contributed by atoms with Crippen molar-refractivity contribution in [2.75, 3.05) is 0 Å². The molecule has 0 bridgehead atoms. The number of hydrogen-bond acceptors (Lipinski definition) is 3. The number of aldehydes is 2. The van der Waals surface area contributed by atoms with Crippen LogP contribution in [0.4, 0.5) is 0 Å². The Kier molecular flexibility index (Phi) is 3.22. The highest BCUT2D eigenvalue weighted by atomic mass is 16.3. The second-order valence-corrected chi connectivity index (χ2v) is 6.25. The van der Waals surface area contributed by atoms with E-state index in [2.05, 4.69) is 13.5 Å². The lowest BCUT2D eigenvalue weighted by atomic mass is 9.48. The van der Waals surface area contributed by atoms with Gasteiger partial charge < -0.3 is 14.7 Å². The van der Waals surface area contributed by atoms with Crippen molar-refractivity contribution in [3.63, 3.8) is 0 Å². The van der Waals surface area contributed by atoms with Crippen molar-refractivity contribution >= 4 is 12.6 Å². The lowest BCUT2D eigenvalue weighted by molar-refractivity contribution is -0.178. The van der Waals surface area contributed by atoms with Gasteiger partial charge in [0.1, 0.15) is 11.9 Å².